The fourth-order valence-corrected chi connectivity index (χ4v) is 1.16. The zero-order valence-electron chi connectivity index (χ0n) is 10.3. The topological polar surface area (TPSA) is 44.5 Å². The lowest BCUT2D eigenvalue weighted by Gasteiger charge is -2.18. The maximum Gasteiger partial charge on any atom is 0.120 e. The van der Waals surface area contributed by atoms with Crippen LogP contribution in [0.3, 0.4) is 0 Å². The minimum atomic E-state index is 0.0161. The Hall–Kier alpha value is -1.22. The maximum atomic E-state index is 5.73. The van der Waals surface area contributed by atoms with Crippen molar-refractivity contribution in [3.8, 4) is 11.5 Å². The van der Waals surface area contributed by atoms with Crippen LogP contribution >= 0.6 is 0 Å². The predicted octanol–water partition coefficient (Wildman–Crippen LogP) is 2.59. The Morgan fingerprint density at radius 3 is 2.19 bits per heavy atom. The summed E-state index contributed by atoms with van der Waals surface area (Å²) in [5, 5.41) is 0. The van der Waals surface area contributed by atoms with Gasteiger partial charge in [-0.2, -0.15) is 0 Å². The van der Waals surface area contributed by atoms with Gasteiger partial charge >= 0.3 is 0 Å². The van der Waals surface area contributed by atoms with Gasteiger partial charge < -0.3 is 15.2 Å². The van der Waals surface area contributed by atoms with Crippen molar-refractivity contribution in [3.63, 3.8) is 0 Å². The van der Waals surface area contributed by atoms with Crippen molar-refractivity contribution >= 4 is 0 Å². The normalized spacial score (nSPS) is 14.2. The number of benzene rings is 1. The molecule has 2 N–H and O–H groups in total. The molecule has 3 nitrogen and oxygen atoms in total. The summed E-state index contributed by atoms with van der Waals surface area (Å²) < 4.78 is 11.1. The first-order valence-electron chi connectivity index (χ1n) is 5.78. The van der Waals surface area contributed by atoms with E-state index < -0.39 is 0 Å². The van der Waals surface area contributed by atoms with Crippen LogP contribution in [0.15, 0.2) is 24.3 Å². The van der Waals surface area contributed by atoms with Crippen LogP contribution in [0, 0.1) is 0 Å². The third kappa shape index (κ3) is 4.11. The molecule has 16 heavy (non-hydrogen) atoms. The molecule has 2 atom stereocenters. The van der Waals surface area contributed by atoms with E-state index >= 15 is 0 Å². The highest BCUT2D eigenvalue weighted by Crippen LogP contribution is 2.19. The highest BCUT2D eigenvalue weighted by Gasteiger charge is 2.08. The highest BCUT2D eigenvalue weighted by atomic mass is 16.5. The molecule has 0 aromatic heterocycles. The van der Waals surface area contributed by atoms with Crippen LogP contribution in [-0.4, -0.2) is 18.8 Å². The van der Waals surface area contributed by atoms with Crippen LogP contribution in [-0.2, 0) is 0 Å². The van der Waals surface area contributed by atoms with Gasteiger partial charge in [0.05, 0.1) is 6.61 Å². The van der Waals surface area contributed by atoms with Gasteiger partial charge in [-0.3, -0.25) is 0 Å². The Labute approximate surface area is 97.6 Å². The van der Waals surface area contributed by atoms with E-state index in [1.807, 2.05) is 38.1 Å². The number of hydrogen-bond acceptors (Lipinski definition) is 3. The smallest absolute Gasteiger partial charge is 0.120 e. The lowest BCUT2D eigenvalue weighted by Crippen LogP contribution is -2.33. The van der Waals surface area contributed by atoms with Crippen molar-refractivity contribution in [1.82, 2.24) is 0 Å². The van der Waals surface area contributed by atoms with E-state index in [0.717, 1.165) is 24.5 Å². The molecule has 0 saturated carbocycles. The van der Waals surface area contributed by atoms with Gasteiger partial charge in [0.25, 0.3) is 0 Å². The van der Waals surface area contributed by atoms with Gasteiger partial charge in [-0.1, -0.05) is 6.92 Å². The molecule has 0 spiro atoms. The van der Waals surface area contributed by atoms with Gasteiger partial charge in [0.15, 0.2) is 0 Å². The fraction of sp³-hybridized carbons (Fsp3) is 0.538. The van der Waals surface area contributed by atoms with E-state index in [9.17, 15) is 0 Å². The molecule has 90 valence electrons. The molecule has 1 unspecified atom stereocenters. The largest absolute Gasteiger partial charge is 0.494 e. The first-order chi connectivity index (χ1) is 7.63. The van der Waals surface area contributed by atoms with Crippen LogP contribution in [0.25, 0.3) is 0 Å². The molecule has 0 aliphatic carbocycles. The van der Waals surface area contributed by atoms with E-state index in [1.165, 1.54) is 0 Å². The van der Waals surface area contributed by atoms with Crippen molar-refractivity contribution in [1.29, 1.82) is 0 Å². The Morgan fingerprint density at radius 2 is 1.69 bits per heavy atom. The van der Waals surface area contributed by atoms with Crippen LogP contribution in [0.1, 0.15) is 27.2 Å². The van der Waals surface area contributed by atoms with E-state index in [2.05, 4.69) is 6.92 Å². The van der Waals surface area contributed by atoms with Crippen LogP contribution in [0.4, 0.5) is 0 Å². The molecule has 0 fully saturated rings. The first-order valence-corrected chi connectivity index (χ1v) is 5.78. The summed E-state index contributed by atoms with van der Waals surface area (Å²) >= 11 is 0. The molecule has 1 aromatic rings. The van der Waals surface area contributed by atoms with Crippen LogP contribution in [0.2, 0.25) is 0 Å². The molecule has 1 rings (SSSR count). The Morgan fingerprint density at radius 1 is 1.12 bits per heavy atom. The quantitative estimate of drug-likeness (QED) is 0.806. The van der Waals surface area contributed by atoms with Gasteiger partial charge in [0.1, 0.15) is 17.6 Å². The standard InChI is InChI=1S/C13H21NO2/c1-4-9-15-12-5-7-13(8-6-12)16-11(3)10(2)14/h5-8,10-11H,4,9,14H2,1-3H3/t10-,11?/m1/s1. The number of nitrogens with two attached hydrogens (primary N) is 1. The molecule has 0 amide bonds. The molecule has 0 bridgehead atoms. The molecule has 0 aliphatic rings. The first kappa shape index (κ1) is 12.8. The molecule has 3 heteroatoms. The number of ether oxygens (including phenoxy) is 2. The van der Waals surface area contributed by atoms with Crippen molar-refractivity contribution in [2.45, 2.75) is 39.3 Å². The molecule has 0 heterocycles. The molecular weight excluding hydrogens is 202 g/mol. The van der Waals surface area contributed by atoms with Gasteiger partial charge in [0.2, 0.25) is 0 Å². The molecule has 0 aliphatic heterocycles. The second-order valence-electron chi connectivity index (χ2n) is 4.00. The van der Waals surface area contributed by atoms with Crippen molar-refractivity contribution in [2.24, 2.45) is 5.73 Å². The molecule has 0 radical (unpaired) electrons. The monoisotopic (exact) mass is 223 g/mol. The lowest BCUT2D eigenvalue weighted by atomic mass is 10.2. The minimum Gasteiger partial charge on any atom is -0.494 e. The summed E-state index contributed by atoms with van der Waals surface area (Å²) in [7, 11) is 0. The Kier molecular flexibility index (Phi) is 5.12. The fourth-order valence-electron chi connectivity index (χ4n) is 1.16. The summed E-state index contributed by atoms with van der Waals surface area (Å²) in [6.07, 6.45) is 1.03. The summed E-state index contributed by atoms with van der Waals surface area (Å²) in [4.78, 5) is 0. The summed E-state index contributed by atoms with van der Waals surface area (Å²) in [6, 6.07) is 7.67. The van der Waals surface area contributed by atoms with Crippen LogP contribution in [0.5, 0.6) is 11.5 Å². The van der Waals surface area contributed by atoms with Crippen molar-refractivity contribution in [2.75, 3.05) is 6.61 Å². The van der Waals surface area contributed by atoms with E-state index in [-0.39, 0.29) is 12.1 Å². The van der Waals surface area contributed by atoms with Gasteiger partial charge in [-0.15, -0.1) is 0 Å². The predicted molar refractivity (Wildman–Crippen MR) is 66.0 cm³/mol. The second-order valence-corrected chi connectivity index (χ2v) is 4.00. The third-order valence-electron chi connectivity index (χ3n) is 2.36. The average Bonchev–Trinajstić information content (AvgIpc) is 2.28. The number of rotatable bonds is 6. The van der Waals surface area contributed by atoms with Gasteiger partial charge in [-0.05, 0) is 44.5 Å². The lowest BCUT2D eigenvalue weighted by molar-refractivity contribution is 0.196. The Balaban J connectivity index is 2.51. The maximum absolute atomic E-state index is 5.73. The molecule has 0 saturated heterocycles. The van der Waals surface area contributed by atoms with Crippen molar-refractivity contribution < 1.29 is 9.47 Å². The summed E-state index contributed by atoms with van der Waals surface area (Å²) in [5.41, 5.74) is 5.73. The zero-order chi connectivity index (χ0) is 12.0. The van der Waals surface area contributed by atoms with E-state index in [4.69, 9.17) is 15.2 Å². The third-order valence-corrected chi connectivity index (χ3v) is 2.36. The SMILES string of the molecule is CCCOc1ccc(OC(C)[C@@H](C)N)cc1. The second kappa shape index (κ2) is 6.38. The zero-order valence-corrected chi connectivity index (χ0v) is 10.3. The van der Waals surface area contributed by atoms with Crippen LogP contribution < -0.4 is 15.2 Å². The van der Waals surface area contributed by atoms with Gasteiger partial charge in [-0.25, -0.2) is 0 Å². The van der Waals surface area contributed by atoms with E-state index in [1.54, 1.807) is 0 Å². The number of hydrogen-bond donors (Lipinski definition) is 1. The molecule has 1 aromatic carbocycles. The molecular formula is C13H21NO2. The van der Waals surface area contributed by atoms with E-state index in [0.29, 0.717) is 0 Å². The summed E-state index contributed by atoms with van der Waals surface area (Å²) in [5.74, 6) is 1.70. The van der Waals surface area contributed by atoms with Crippen molar-refractivity contribution in [3.05, 3.63) is 24.3 Å². The summed E-state index contributed by atoms with van der Waals surface area (Å²) in [6.45, 7) is 6.73. The highest BCUT2D eigenvalue weighted by molar-refractivity contribution is 5.31. The average molecular weight is 223 g/mol. The minimum absolute atomic E-state index is 0.0161. The Bertz CT molecular complexity index is 295. The van der Waals surface area contributed by atoms with Gasteiger partial charge in [0, 0.05) is 6.04 Å².